The van der Waals surface area contributed by atoms with E-state index in [-0.39, 0.29) is 35.1 Å². The minimum Gasteiger partial charge on any atom is -0.508 e. The molecule has 2 bridgehead atoms. The molecule has 38 heavy (non-hydrogen) atoms. The lowest BCUT2D eigenvalue weighted by Crippen LogP contribution is -2.39. The smallest absolute Gasteiger partial charge is 0.339 e. The maximum atomic E-state index is 13.6. The molecule has 0 spiro atoms. The van der Waals surface area contributed by atoms with Gasteiger partial charge in [0.15, 0.2) is 6.61 Å². The van der Waals surface area contributed by atoms with Crippen LogP contribution in [0.3, 0.4) is 0 Å². The van der Waals surface area contributed by atoms with Gasteiger partial charge in [-0.2, -0.15) is 0 Å². The fraction of sp³-hybridized carbons (Fsp3) is 0.406. The summed E-state index contributed by atoms with van der Waals surface area (Å²) in [5.74, 6) is -0.349. The molecule has 3 aromatic rings. The molecule has 0 radical (unpaired) electrons. The molecule has 3 aliphatic rings. The number of fused-ring (bicyclic) bond motifs is 4. The third-order valence-electron chi connectivity index (χ3n) is 8.44. The Morgan fingerprint density at radius 1 is 1.08 bits per heavy atom. The number of likely N-dealkylation sites (tertiary alicyclic amines) is 1. The SMILES string of the molecule is CC1(C)C[C@H]2C[C@@](C)(CN2C(=O)COC(=O)c2c3c(nc4ccccc24)/C(=C/c2ccc(O)cc2)CC3)C1. The molecule has 1 saturated carbocycles. The van der Waals surface area contributed by atoms with Crippen molar-refractivity contribution < 1.29 is 19.4 Å². The lowest BCUT2D eigenvalue weighted by atomic mass is 9.65. The lowest BCUT2D eigenvalue weighted by Gasteiger charge is -2.39. The monoisotopic (exact) mass is 510 g/mol. The number of aromatic nitrogens is 1. The van der Waals surface area contributed by atoms with E-state index in [0.717, 1.165) is 65.5 Å². The van der Waals surface area contributed by atoms with E-state index in [2.05, 4.69) is 26.8 Å². The van der Waals surface area contributed by atoms with Gasteiger partial charge in [-0.3, -0.25) is 4.79 Å². The molecule has 1 aromatic heterocycles. The summed E-state index contributed by atoms with van der Waals surface area (Å²) in [5.41, 5.74) is 5.27. The van der Waals surface area contributed by atoms with Crippen molar-refractivity contribution in [3.05, 3.63) is 70.9 Å². The van der Waals surface area contributed by atoms with E-state index in [4.69, 9.17) is 9.72 Å². The number of hydrogen-bond donors (Lipinski definition) is 1. The third kappa shape index (κ3) is 4.46. The molecule has 1 N–H and O–H groups in total. The molecule has 2 atom stereocenters. The summed E-state index contributed by atoms with van der Waals surface area (Å²) in [5, 5.41) is 10.4. The normalized spacial score (nSPS) is 24.6. The molecule has 196 valence electrons. The van der Waals surface area contributed by atoms with Gasteiger partial charge in [0.05, 0.1) is 16.8 Å². The molecule has 6 nitrogen and oxygen atoms in total. The van der Waals surface area contributed by atoms with Crippen LogP contribution < -0.4 is 0 Å². The maximum absolute atomic E-state index is 13.6. The van der Waals surface area contributed by atoms with Crippen molar-refractivity contribution in [2.45, 2.75) is 58.9 Å². The summed E-state index contributed by atoms with van der Waals surface area (Å²) in [6.45, 7) is 7.33. The number of rotatable bonds is 4. The van der Waals surface area contributed by atoms with Crippen LogP contribution in [0.4, 0.5) is 0 Å². The van der Waals surface area contributed by atoms with Crippen LogP contribution in [0.15, 0.2) is 48.5 Å². The standard InChI is InChI=1S/C32H34N2O4/c1-31(2)15-22-16-32(3,18-31)19-34(22)27(36)17-38-30(37)28-24-6-4-5-7-26(24)33-29-21(10-13-25(28)29)14-20-8-11-23(35)12-9-20/h4-9,11-12,14,22,35H,10,13,15-19H2,1-3H3/b21-14+/t22-,32+/m0/s1. The molecular formula is C32H34N2O4. The number of benzene rings is 2. The number of para-hydroxylation sites is 1. The number of phenols is 1. The Balaban J connectivity index is 1.27. The molecule has 1 saturated heterocycles. The molecule has 1 amide bonds. The molecule has 1 aliphatic heterocycles. The van der Waals surface area contributed by atoms with Gasteiger partial charge in [0.25, 0.3) is 5.91 Å². The van der Waals surface area contributed by atoms with Gasteiger partial charge in [0.2, 0.25) is 0 Å². The minimum atomic E-state index is -0.465. The largest absolute Gasteiger partial charge is 0.508 e. The van der Waals surface area contributed by atoms with Crippen LogP contribution in [0, 0.1) is 10.8 Å². The molecule has 2 heterocycles. The number of esters is 1. The topological polar surface area (TPSA) is 79.7 Å². The summed E-state index contributed by atoms with van der Waals surface area (Å²) in [6.07, 6.45) is 6.60. The van der Waals surface area contributed by atoms with Gasteiger partial charge in [0.1, 0.15) is 5.75 Å². The van der Waals surface area contributed by atoms with Gasteiger partial charge < -0.3 is 14.7 Å². The van der Waals surface area contributed by atoms with Crippen LogP contribution in [-0.2, 0) is 16.0 Å². The van der Waals surface area contributed by atoms with E-state index < -0.39 is 5.97 Å². The van der Waals surface area contributed by atoms with E-state index >= 15 is 0 Å². The number of amides is 1. The van der Waals surface area contributed by atoms with Crippen molar-refractivity contribution in [3.63, 3.8) is 0 Å². The highest BCUT2D eigenvalue weighted by atomic mass is 16.5. The fourth-order valence-corrected chi connectivity index (χ4v) is 7.32. The Morgan fingerprint density at radius 3 is 2.63 bits per heavy atom. The number of nitrogens with zero attached hydrogens (tertiary/aromatic N) is 2. The number of ether oxygens (including phenoxy) is 1. The molecule has 2 fully saturated rings. The number of pyridine rings is 1. The Labute approximate surface area is 223 Å². The first-order valence-electron chi connectivity index (χ1n) is 13.5. The summed E-state index contributed by atoms with van der Waals surface area (Å²) in [4.78, 5) is 33.7. The van der Waals surface area contributed by atoms with Crippen LogP contribution in [-0.4, -0.2) is 46.1 Å². The molecule has 6 rings (SSSR count). The lowest BCUT2D eigenvalue weighted by molar-refractivity contribution is -0.135. The van der Waals surface area contributed by atoms with Crippen LogP contribution >= 0.6 is 0 Å². The second kappa shape index (κ2) is 8.97. The van der Waals surface area contributed by atoms with Gasteiger partial charge in [-0.25, -0.2) is 9.78 Å². The van der Waals surface area contributed by atoms with Gasteiger partial charge >= 0.3 is 5.97 Å². The summed E-state index contributed by atoms with van der Waals surface area (Å²) >= 11 is 0. The van der Waals surface area contributed by atoms with E-state index in [1.165, 1.54) is 0 Å². The minimum absolute atomic E-state index is 0.104. The first-order valence-corrected chi connectivity index (χ1v) is 13.5. The Hall–Kier alpha value is -3.67. The maximum Gasteiger partial charge on any atom is 0.339 e. The highest BCUT2D eigenvalue weighted by Crippen LogP contribution is 2.52. The molecule has 2 aromatic carbocycles. The highest BCUT2D eigenvalue weighted by molar-refractivity contribution is 6.07. The Bertz CT molecular complexity index is 1470. The van der Waals surface area contributed by atoms with Crippen molar-refractivity contribution >= 4 is 34.4 Å². The predicted molar refractivity (Wildman–Crippen MR) is 148 cm³/mol. The fourth-order valence-electron chi connectivity index (χ4n) is 7.32. The first-order chi connectivity index (χ1) is 18.1. The van der Waals surface area contributed by atoms with Crippen LogP contribution in [0.1, 0.15) is 73.6 Å². The molecule has 6 heteroatoms. The van der Waals surface area contributed by atoms with Crippen molar-refractivity contribution in [2.24, 2.45) is 10.8 Å². The zero-order chi connectivity index (χ0) is 26.7. The van der Waals surface area contributed by atoms with Crippen LogP contribution in [0.2, 0.25) is 0 Å². The quantitative estimate of drug-likeness (QED) is 0.435. The van der Waals surface area contributed by atoms with Crippen LogP contribution in [0.25, 0.3) is 22.6 Å². The molecular weight excluding hydrogens is 476 g/mol. The zero-order valence-corrected chi connectivity index (χ0v) is 22.3. The van der Waals surface area contributed by atoms with Crippen molar-refractivity contribution in [2.75, 3.05) is 13.2 Å². The number of aromatic hydroxyl groups is 1. The van der Waals surface area contributed by atoms with Gasteiger partial charge in [-0.15, -0.1) is 0 Å². The number of allylic oxidation sites excluding steroid dienone is 1. The summed E-state index contributed by atoms with van der Waals surface area (Å²) in [6, 6.07) is 14.9. The second-order valence-electron chi connectivity index (χ2n) is 12.4. The summed E-state index contributed by atoms with van der Waals surface area (Å²) < 4.78 is 5.73. The van der Waals surface area contributed by atoms with E-state index in [1.54, 1.807) is 12.1 Å². The highest BCUT2D eigenvalue weighted by Gasteiger charge is 2.51. The van der Waals surface area contributed by atoms with Gasteiger partial charge in [-0.1, -0.05) is 51.1 Å². The van der Waals surface area contributed by atoms with Crippen molar-refractivity contribution in [1.29, 1.82) is 0 Å². The number of carbonyl (C=O) groups is 2. The molecule has 2 aliphatic carbocycles. The first kappa shape index (κ1) is 24.7. The van der Waals surface area contributed by atoms with Crippen LogP contribution in [0.5, 0.6) is 5.75 Å². The van der Waals surface area contributed by atoms with Crippen molar-refractivity contribution in [3.8, 4) is 5.75 Å². The number of phenolic OH excluding ortho intramolecular Hbond substituents is 1. The number of hydrogen-bond acceptors (Lipinski definition) is 5. The second-order valence-corrected chi connectivity index (χ2v) is 12.4. The van der Waals surface area contributed by atoms with Crippen molar-refractivity contribution in [1.82, 2.24) is 9.88 Å². The number of carbonyl (C=O) groups excluding carboxylic acids is 2. The third-order valence-corrected chi connectivity index (χ3v) is 8.44. The predicted octanol–water partition coefficient (Wildman–Crippen LogP) is 6.01. The average molecular weight is 511 g/mol. The summed E-state index contributed by atoms with van der Waals surface area (Å²) in [7, 11) is 0. The van der Waals surface area contributed by atoms with E-state index in [9.17, 15) is 14.7 Å². The Morgan fingerprint density at radius 2 is 1.84 bits per heavy atom. The van der Waals surface area contributed by atoms with E-state index in [0.29, 0.717) is 12.0 Å². The van der Waals surface area contributed by atoms with Gasteiger partial charge in [-0.05, 0) is 83.9 Å². The van der Waals surface area contributed by atoms with Gasteiger partial charge in [0, 0.05) is 18.0 Å². The zero-order valence-electron chi connectivity index (χ0n) is 22.3. The Kier molecular flexibility index (Phi) is 5.82. The average Bonchev–Trinajstić information content (AvgIpc) is 3.38. The molecule has 0 unspecified atom stereocenters. The van der Waals surface area contributed by atoms with E-state index in [1.807, 2.05) is 41.3 Å².